The Morgan fingerprint density at radius 1 is 1.24 bits per heavy atom. The Bertz CT molecular complexity index is 891. The smallest absolute Gasteiger partial charge is 0.243 e. The van der Waals surface area contributed by atoms with Gasteiger partial charge in [-0.1, -0.05) is 19.1 Å². The van der Waals surface area contributed by atoms with Gasteiger partial charge in [0.25, 0.3) is 0 Å². The summed E-state index contributed by atoms with van der Waals surface area (Å²) in [4.78, 5) is 31.1. The van der Waals surface area contributed by atoms with Gasteiger partial charge in [-0.25, -0.2) is 4.39 Å². The molecule has 154 valence electrons. The summed E-state index contributed by atoms with van der Waals surface area (Å²) in [6, 6.07) is 8.28. The van der Waals surface area contributed by atoms with Crippen LogP contribution >= 0.6 is 11.3 Å². The van der Waals surface area contributed by atoms with Gasteiger partial charge in [0.05, 0.1) is 6.04 Å². The van der Waals surface area contributed by atoms with Crippen molar-refractivity contribution in [1.29, 1.82) is 0 Å². The Morgan fingerprint density at radius 2 is 1.97 bits per heavy atom. The van der Waals surface area contributed by atoms with Crippen LogP contribution in [-0.2, 0) is 16.0 Å². The standard InChI is InChI=1S/C23H27FN2O2S/c1-3-15(2)26(23(28)17-4-5-17)14-21(27)25-12-10-20-19(11-13-29-20)22(25)16-6-8-18(24)9-7-16/h6-9,11,13,15,17,22H,3-5,10,12,14H2,1-2H3/t15-,22+/m1/s1. The van der Waals surface area contributed by atoms with Crippen molar-refractivity contribution in [3.8, 4) is 0 Å². The second-order valence-electron chi connectivity index (χ2n) is 8.09. The molecule has 1 saturated carbocycles. The van der Waals surface area contributed by atoms with E-state index in [1.54, 1.807) is 28.4 Å². The maximum atomic E-state index is 13.5. The molecule has 0 spiro atoms. The summed E-state index contributed by atoms with van der Waals surface area (Å²) in [5, 5.41) is 2.05. The van der Waals surface area contributed by atoms with E-state index >= 15 is 0 Å². The molecule has 4 nitrogen and oxygen atoms in total. The van der Waals surface area contributed by atoms with Crippen LogP contribution in [0, 0.1) is 11.7 Å². The second kappa shape index (κ2) is 8.27. The third kappa shape index (κ3) is 4.08. The highest BCUT2D eigenvalue weighted by Crippen LogP contribution is 2.38. The van der Waals surface area contributed by atoms with Crippen LogP contribution in [0.2, 0.25) is 0 Å². The molecule has 4 rings (SSSR count). The van der Waals surface area contributed by atoms with Crippen molar-refractivity contribution in [1.82, 2.24) is 9.80 Å². The summed E-state index contributed by atoms with van der Waals surface area (Å²) >= 11 is 1.70. The van der Waals surface area contributed by atoms with Crippen LogP contribution < -0.4 is 0 Å². The number of hydrogen-bond acceptors (Lipinski definition) is 3. The number of amides is 2. The number of rotatable bonds is 6. The molecule has 2 aromatic rings. The van der Waals surface area contributed by atoms with E-state index in [-0.39, 0.29) is 42.2 Å². The van der Waals surface area contributed by atoms with Gasteiger partial charge in [-0.2, -0.15) is 0 Å². The summed E-state index contributed by atoms with van der Waals surface area (Å²) < 4.78 is 13.5. The fraction of sp³-hybridized carbons (Fsp3) is 0.478. The molecule has 0 saturated heterocycles. The first-order chi connectivity index (χ1) is 14.0. The molecular weight excluding hydrogens is 387 g/mol. The van der Waals surface area contributed by atoms with E-state index in [0.29, 0.717) is 6.54 Å². The molecule has 1 aromatic heterocycles. The van der Waals surface area contributed by atoms with Gasteiger partial charge >= 0.3 is 0 Å². The Morgan fingerprint density at radius 3 is 2.62 bits per heavy atom. The average molecular weight is 415 g/mol. The molecule has 0 bridgehead atoms. The predicted molar refractivity (Wildman–Crippen MR) is 112 cm³/mol. The molecular formula is C23H27FN2O2S. The first kappa shape index (κ1) is 20.1. The number of benzene rings is 1. The largest absolute Gasteiger partial charge is 0.330 e. The third-order valence-electron chi connectivity index (χ3n) is 6.11. The van der Waals surface area contributed by atoms with Crippen molar-refractivity contribution < 1.29 is 14.0 Å². The van der Waals surface area contributed by atoms with Gasteiger partial charge in [0.1, 0.15) is 12.4 Å². The molecule has 6 heteroatoms. The molecule has 1 aliphatic carbocycles. The van der Waals surface area contributed by atoms with E-state index in [4.69, 9.17) is 0 Å². The normalized spacial score (nSPS) is 19.6. The van der Waals surface area contributed by atoms with Gasteiger partial charge in [-0.15, -0.1) is 11.3 Å². The van der Waals surface area contributed by atoms with Crippen molar-refractivity contribution in [3.63, 3.8) is 0 Å². The molecule has 1 fully saturated rings. The summed E-state index contributed by atoms with van der Waals surface area (Å²) in [5.41, 5.74) is 2.02. The minimum Gasteiger partial charge on any atom is -0.330 e. The number of nitrogens with zero attached hydrogens (tertiary/aromatic N) is 2. The zero-order chi connectivity index (χ0) is 20.5. The summed E-state index contributed by atoms with van der Waals surface area (Å²) in [6.45, 7) is 4.78. The first-order valence-corrected chi connectivity index (χ1v) is 11.3. The van der Waals surface area contributed by atoms with Crippen molar-refractivity contribution in [3.05, 3.63) is 57.5 Å². The molecule has 1 aliphatic heterocycles. The van der Waals surface area contributed by atoms with E-state index in [0.717, 1.165) is 36.8 Å². The molecule has 2 aliphatic rings. The first-order valence-electron chi connectivity index (χ1n) is 10.4. The van der Waals surface area contributed by atoms with E-state index < -0.39 is 0 Å². The Kier molecular flexibility index (Phi) is 5.72. The maximum Gasteiger partial charge on any atom is 0.243 e. The zero-order valence-corrected chi connectivity index (χ0v) is 17.8. The van der Waals surface area contributed by atoms with Crippen LogP contribution in [0.3, 0.4) is 0 Å². The van der Waals surface area contributed by atoms with E-state index in [1.165, 1.54) is 17.0 Å². The van der Waals surface area contributed by atoms with Crippen LogP contribution in [-0.4, -0.2) is 40.7 Å². The number of halogens is 1. The Hall–Kier alpha value is -2.21. The van der Waals surface area contributed by atoms with Crippen LogP contribution in [0.5, 0.6) is 0 Å². The lowest BCUT2D eigenvalue weighted by atomic mass is 9.93. The van der Waals surface area contributed by atoms with Gasteiger partial charge in [0.2, 0.25) is 11.8 Å². The molecule has 29 heavy (non-hydrogen) atoms. The fourth-order valence-electron chi connectivity index (χ4n) is 4.06. The monoisotopic (exact) mass is 414 g/mol. The van der Waals surface area contributed by atoms with E-state index in [2.05, 4.69) is 11.4 Å². The molecule has 0 radical (unpaired) electrons. The summed E-state index contributed by atoms with van der Waals surface area (Å²) in [6.07, 6.45) is 3.50. The molecule has 2 amide bonds. The van der Waals surface area contributed by atoms with Gasteiger partial charge in [-0.3, -0.25) is 9.59 Å². The number of carbonyl (C=O) groups is 2. The highest BCUT2D eigenvalue weighted by atomic mass is 32.1. The SMILES string of the molecule is CC[C@@H](C)N(CC(=O)N1CCc2sccc2[C@@H]1c1ccc(F)cc1)C(=O)C1CC1. The lowest BCUT2D eigenvalue weighted by Crippen LogP contribution is -2.49. The molecule has 1 aromatic carbocycles. The molecule has 0 N–H and O–H groups in total. The van der Waals surface area contributed by atoms with Crippen molar-refractivity contribution in [2.75, 3.05) is 13.1 Å². The average Bonchev–Trinajstić information content (AvgIpc) is 3.47. The maximum absolute atomic E-state index is 13.5. The van der Waals surface area contributed by atoms with Crippen molar-refractivity contribution in [2.45, 2.75) is 51.6 Å². The topological polar surface area (TPSA) is 40.6 Å². The van der Waals surface area contributed by atoms with E-state index in [1.807, 2.05) is 18.7 Å². The summed E-state index contributed by atoms with van der Waals surface area (Å²) in [5.74, 6) is -0.120. The molecule has 2 heterocycles. The minimum absolute atomic E-state index is 0.0366. The minimum atomic E-state index is -0.286. The zero-order valence-electron chi connectivity index (χ0n) is 16.9. The fourth-order valence-corrected chi connectivity index (χ4v) is 4.97. The van der Waals surface area contributed by atoms with Crippen LogP contribution in [0.15, 0.2) is 35.7 Å². The highest BCUT2D eigenvalue weighted by molar-refractivity contribution is 7.10. The Balaban J connectivity index is 1.61. The lowest BCUT2D eigenvalue weighted by Gasteiger charge is -2.38. The lowest BCUT2D eigenvalue weighted by molar-refractivity contribution is -0.144. The highest BCUT2D eigenvalue weighted by Gasteiger charge is 2.38. The number of fused-ring (bicyclic) bond motifs is 1. The van der Waals surface area contributed by atoms with Gasteiger partial charge in [-0.05, 0) is 67.3 Å². The van der Waals surface area contributed by atoms with Crippen molar-refractivity contribution in [2.24, 2.45) is 5.92 Å². The van der Waals surface area contributed by atoms with Crippen LogP contribution in [0.1, 0.15) is 55.2 Å². The van der Waals surface area contributed by atoms with E-state index in [9.17, 15) is 14.0 Å². The predicted octanol–water partition coefficient (Wildman–Crippen LogP) is 4.40. The Labute approximate surface area is 175 Å². The molecule has 2 atom stereocenters. The number of hydrogen-bond donors (Lipinski definition) is 0. The van der Waals surface area contributed by atoms with Gasteiger partial charge < -0.3 is 9.80 Å². The van der Waals surface area contributed by atoms with Gasteiger partial charge in [0, 0.05) is 23.4 Å². The second-order valence-corrected chi connectivity index (χ2v) is 9.09. The van der Waals surface area contributed by atoms with Crippen LogP contribution in [0.25, 0.3) is 0 Å². The summed E-state index contributed by atoms with van der Waals surface area (Å²) in [7, 11) is 0. The van der Waals surface area contributed by atoms with Crippen molar-refractivity contribution >= 4 is 23.2 Å². The third-order valence-corrected chi connectivity index (χ3v) is 7.11. The quantitative estimate of drug-likeness (QED) is 0.703. The molecule has 0 unspecified atom stereocenters. The van der Waals surface area contributed by atoms with Crippen LogP contribution in [0.4, 0.5) is 4.39 Å². The van der Waals surface area contributed by atoms with Gasteiger partial charge in [0.15, 0.2) is 0 Å². The number of thiophene rings is 1. The number of carbonyl (C=O) groups excluding carboxylic acids is 2.